The molecule has 0 heterocycles. The van der Waals surface area contributed by atoms with Gasteiger partial charge >= 0.3 is 5.97 Å². The molecule has 8 heteroatoms. The molecule has 0 unspecified atom stereocenters. The molecule has 0 saturated heterocycles. The van der Waals surface area contributed by atoms with Crippen LogP contribution in [0.25, 0.3) is 11.1 Å². The summed E-state index contributed by atoms with van der Waals surface area (Å²) >= 11 is 1.98. The van der Waals surface area contributed by atoms with Crippen LogP contribution in [0.3, 0.4) is 0 Å². The highest BCUT2D eigenvalue weighted by atomic mass is 127. The number of esters is 1. The first-order valence-corrected chi connectivity index (χ1v) is 15.2. The summed E-state index contributed by atoms with van der Waals surface area (Å²) in [6.07, 6.45) is 3.11. The predicted molar refractivity (Wildman–Crippen MR) is 173 cm³/mol. The zero-order valence-electron chi connectivity index (χ0n) is 24.3. The third-order valence-electron chi connectivity index (χ3n) is 6.57. The van der Waals surface area contributed by atoms with E-state index >= 15 is 0 Å². The quantitative estimate of drug-likeness (QED) is 0.102. The van der Waals surface area contributed by atoms with Crippen LogP contribution in [0.1, 0.15) is 71.4 Å². The van der Waals surface area contributed by atoms with Gasteiger partial charge in [0.2, 0.25) is 0 Å². The van der Waals surface area contributed by atoms with Crippen molar-refractivity contribution in [1.29, 1.82) is 0 Å². The number of phenolic OH excluding ortho intramolecular Hbond substituents is 1. The van der Waals surface area contributed by atoms with E-state index in [0.717, 1.165) is 41.4 Å². The number of rotatable bonds is 10. The SMILES string of the molecule is CC(C)Oc1cc(C=O)cc(C2CC2)c1-c1ccc(F)cc1.CCOC(=O)c1cc(O)c(I)c(OCc2ccccc2)c1. The lowest BCUT2D eigenvalue weighted by atomic mass is 9.93. The van der Waals surface area contributed by atoms with Gasteiger partial charge in [0.15, 0.2) is 0 Å². The highest BCUT2D eigenvalue weighted by molar-refractivity contribution is 14.1. The van der Waals surface area contributed by atoms with Gasteiger partial charge in [-0.05, 0) is 115 Å². The van der Waals surface area contributed by atoms with Crippen molar-refractivity contribution in [1.82, 2.24) is 0 Å². The maximum Gasteiger partial charge on any atom is 0.338 e. The molecule has 224 valence electrons. The fourth-order valence-electron chi connectivity index (χ4n) is 4.47. The Bertz CT molecular complexity index is 1550. The van der Waals surface area contributed by atoms with E-state index in [1.54, 1.807) is 31.2 Å². The molecule has 0 amide bonds. The molecule has 4 aromatic rings. The Labute approximate surface area is 265 Å². The Morgan fingerprint density at radius 1 is 1.02 bits per heavy atom. The fraction of sp³-hybridized carbons (Fsp3) is 0.257. The van der Waals surface area contributed by atoms with Crippen LogP contribution in [0.2, 0.25) is 0 Å². The maximum atomic E-state index is 13.2. The number of phenols is 1. The van der Waals surface area contributed by atoms with Crippen LogP contribution >= 0.6 is 22.6 Å². The van der Waals surface area contributed by atoms with Crippen molar-refractivity contribution in [2.45, 2.75) is 52.2 Å². The van der Waals surface area contributed by atoms with Crippen molar-refractivity contribution in [3.8, 4) is 28.4 Å². The molecule has 4 aromatic carbocycles. The standard InChI is InChI=1S/C19H19FO2.C16H15IO4/c1-12(2)22-18-10-13(11-21)9-17(14-3-4-14)19(18)15-5-7-16(20)8-6-15;1-2-20-16(19)12-8-13(18)15(17)14(9-12)21-10-11-6-4-3-5-7-11/h5-12,14H,3-4H2,1-2H3;3-9,18H,2,10H2,1H3. The number of halogens is 2. The van der Waals surface area contributed by atoms with Gasteiger partial charge in [0.25, 0.3) is 0 Å². The van der Waals surface area contributed by atoms with Crippen LogP contribution in [-0.4, -0.2) is 30.1 Å². The summed E-state index contributed by atoms with van der Waals surface area (Å²) in [5.41, 5.74) is 4.96. The zero-order valence-corrected chi connectivity index (χ0v) is 26.5. The van der Waals surface area contributed by atoms with Gasteiger partial charge in [-0.3, -0.25) is 4.79 Å². The third-order valence-corrected chi connectivity index (χ3v) is 7.66. The molecule has 0 bridgehead atoms. The minimum absolute atomic E-state index is 0.00390. The molecule has 43 heavy (non-hydrogen) atoms. The molecule has 1 fully saturated rings. The van der Waals surface area contributed by atoms with E-state index in [-0.39, 0.29) is 29.8 Å². The minimum atomic E-state index is -0.478. The molecular formula is C35H34FIO6. The molecule has 0 atom stereocenters. The van der Waals surface area contributed by atoms with E-state index < -0.39 is 5.97 Å². The van der Waals surface area contributed by atoms with Gasteiger partial charge in [-0.1, -0.05) is 42.5 Å². The average Bonchev–Trinajstić information content (AvgIpc) is 3.84. The van der Waals surface area contributed by atoms with Crippen LogP contribution in [0, 0.1) is 9.39 Å². The first-order chi connectivity index (χ1) is 20.7. The Balaban J connectivity index is 0.000000197. The summed E-state index contributed by atoms with van der Waals surface area (Å²) < 4.78 is 30.4. The monoisotopic (exact) mass is 696 g/mol. The summed E-state index contributed by atoms with van der Waals surface area (Å²) in [5.74, 6) is 0.899. The molecule has 1 N–H and O–H groups in total. The van der Waals surface area contributed by atoms with Crippen LogP contribution in [-0.2, 0) is 11.3 Å². The smallest absolute Gasteiger partial charge is 0.338 e. The third kappa shape index (κ3) is 8.79. The number of aromatic hydroxyl groups is 1. The second-order valence-corrected chi connectivity index (χ2v) is 11.4. The van der Waals surface area contributed by atoms with Gasteiger partial charge in [-0.15, -0.1) is 0 Å². The fourth-order valence-corrected chi connectivity index (χ4v) is 4.94. The molecule has 1 aliphatic rings. The van der Waals surface area contributed by atoms with Crippen LogP contribution in [0.4, 0.5) is 4.39 Å². The molecule has 6 nitrogen and oxygen atoms in total. The summed E-state index contributed by atoms with van der Waals surface area (Å²) in [6.45, 7) is 6.29. The van der Waals surface area contributed by atoms with E-state index in [0.29, 0.717) is 33.2 Å². The van der Waals surface area contributed by atoms with Crippen LogP contribution in [0.15, 0.2) is 78.9 Å². The zero-order chi connectivity index (χ0) is 30.9. The molecule has 0 aromatic heterocycles. The topological polar surface area (TPSA) is 82.1 Å². The summed E-state index contributed by atoms with van der Waals surface area (Å²) in [7, 11) is 0. The number of benzene rings is 4. The number of carbonyl (C=O) groups excluding carboxylic acids is 2. The van der Waals surface area contributed by atoms with E-state index in [1.807, 2.05) is 72.8 Å². The van der Waals surface area contributed by atoms with Crippen molar-refractivity contribution >= 4 is 34.8 Å². The van der Waals surface area contributed by atoms with Gasteiger partial charge in [0.05, 0.1) is 21.8 Å². The summed E-state index contributed by atoms with van der Waals surface area (Å²) in [4.78, 5) is 23.0. The van der Waals surface area contributed by atoms with E-state index in [9.17, 15) is 19.1 Å². The van der Waals surface area contributed by atoms with Crippen molar-refractivity contribution in [3.05, 3.63) is 111 Å². The van der Waals surface area contributed by atoms with Gasteiger partial charge < -0.3 is 19.3 Å². The Morgan fingerprint density at radius 3 is 2.33 bits per heavy atom. The first kappa shape index (κ1) is 32.0. The molecule has 1 aliphatic carbocycles. The predicted octanol–water partition coefficient (Wildman–Crippen LogP) is 8.72. The van der Waals surface area contributed by atoms with Crippen molar-refractivity contribution < 1.29 is 33.3 Å². The van der Waals surface area contributed by atoms with Gasteiger partial charge in [-0.2, -0.15) is 0 Å². The van der Waals surface area contributed by atoms with Crippen LogP contribution < -0.4 is 9.47 Å². The lowest BCUT2D eigenvalue weighted by Gasteiger charge is -2.19. The largest absolute Gasteiger partial charge is 0.507 e. The van der Waals surface area contributed by atoms with Gasteiger partial charge in [-0.25, -0.2) is 9.18 Å². The Morgan fingerprint density at radius 2 is 1.72 bits per heavy atom. The molecule has 1 saturated carbocycles. The number of aldehydes is 1. The van der Waals surface area contributed by atoms with Gasteiger partial charge in [0.1, 0.15) is 36.0 Å². The molecule has 5 rings (SSSR count). The summed E-state index contributed by atoms with van der Waals surface area (Å²) in [5, 5.41) is 9.90. The van der Waals surface area contributed by atoms with E-state index in [4.69, 9.17) is 14.2 Å². The number of hydrogen-bond donors (Lipinski definition) is 1. The number of carbonyl (C=O) groups is 2. The lowest BCUT2D eigenvalue weighted by Crippen LogP contribution is -2.08. The van der Waals surface area contributed by atoms with Crippen molar-refractivity contribution in [3.63, 3.8) is 0 Å². The molecule has 0 spiro atoms. The molecular weight excluding hydrogens is 662 g/mol. The molecule has 0 radical (unpaired) electrons. The first-order valence-electron chi connectivity index (χ1n) is 14.1. The van der Waals surface area contributed by atoms with E-state index in [2.05, 4.69) is 0 Å². The van der Waals surface area contributed by atoms with Crippen molar-refractivity contribution in [2.24, 2.45) is 0 Å². The average molecular weight is 697 g/mol. The normalized spacial score (nSPS) is 12.2. The number of hydrogen-bond acceptors (Lipinski definition) is 6. The van der Waals surface area contributed by atoms with E-state index in [1.165, 1.54) is 18.2 Å². The second-order valence-electron chi connectivity index (χ2n) is 10.4. The molecule has 0 aliphatic heterocycles. The van der Waals surface area contributed by atoms with Crippen molar-refractivity contribution in [2.75, 3.05) is 6.61 Å². The van der Waals surface area contributed by atoms with Crippen LogP contribution in [0.5, 0.6) is 17.2 Å². The second kappa shape index (κ2) is 15.0. The highest BCUT2D eigenvalue weighted by Gasteiger charge is 2.29. The van der Waals surface area contributed by atoms with Gasteiger partial charge in [0, 0.05) is 11.1 Å². The Hall–Kier alpha value is -3.92. The lowest BCUT2D eigenvalue weighted by molar-refractivity contribution is 0.0525. The highest BCUT2D eigenvalue weighted by Crippen LogP contribution is 2.48. The Kier molecular flexibility index (Phi) is 11.2. The number of ether oxygens (including phenoxy) is 3. The minimum Gasteiger partial charge on any atom is -0.507 e. The maximum absolute atomic E-state index is 13.2. The summed E-state index contributed by atoms with van der Waals surface area (Å²) in [6, 6.07) is 22.8.